The van der Waals surface area contributed by atoms with E-state index in [4.69, 9.17) is 14.2 Å². The Labute approximate surface area is 126 Å². The Morgan fingerprint density at radius 3 is 1.95 bits per heavy atom. The van der Waals surface area contributed by atoms with E-state index in [1.54, 1.807) is 0 Å². The van der Waals surface area contributed by atoms with E-state index >= 15 is 0 Å². The van der Waals surface area contributed by atoms with Crippen LogP contribution in [-0.4, -0.2) is 76.6 Å². The second-order valence-electron chi connectivity index (χ2n) is 4.22. The Kier molecular flexibility index (Phi) is 13.0. The van der Waals surface area contributed by atoms with Crippen LogP contribution in [0.15, 0.2) is 0 Å². The predicted octanol–water partition coefficient (Wildman–Crippen LogP) is 0.468. The molecular weight excluding hydrogens is 278 g/mol. The highest BCUT2D eigenvalue weighted by atomic mass is 16.6. The van der Waals surface area contributed by atoms with Crippen LogP contribution < -0.4 is 0 Å². The Morgan fingerprint density at radius 1 is 0.905 bits per heavy atom. The van der Waals surface area contributed by atoms with Crippen LogP contribution in [0.2, 0.25) is 0 Å². The third-order valence-corrected chi connectivity index (χ3v) is 2.72. The molecule has 0 fully saturated rings. The van der Waals surface area contributed by atoms with E-state index < -0.39 is 11.9 Å². The normalized spacial score (nSPS) is 10.7. The molecule has 0 radical (unpaired) electrons. The molecule has 0 bridgehead atoms. The molecule has 0 saturated carbocycles. The number of hydrogen-bond acceptors (Lipinski definition) is 7. The molecular formula is C14H27NO6. The molecule has 0 aromatic carbocycles. The van der Waals surface area contributed by atoms with Gasteiger partial charge >= 0.3 is 11.9 Å². The maximum atomic E-state index is 11.5. The van der Waals surface area contributed by atoms with Crippen LogP contribution in [0.4, 0.5) is 0 Å². The van der Waals surface area contributed by atoms with Gasteiger partial charge in [0.25, 0.3) is 0 Å². The van der Waals surface area contributed by atoms with Gasteiger partial charge < -0.3 is 18.9 Å². The number of esters is 2. The number of carbonyl (C=O) groups is 2. The second kappa shape index (κ2) is 13.8. The quantitative estimate of drug-likeness (QED) is 0.361. The van der Waals surface area contributed by atoms with Gasteiger partial charge in [0, 0.05) is 32.8 Å². The van der Waals surface area contributed by atoms with Crippen LogP contribution in [0.1, 0.15) is 20.3 Å². The Morgan fingerprint density at radius 2 is 1.48 bits per heavy atom. The zero-order valence-electron chi connectivity index (χ0n) is 13.3. The first-order valence-electron chi connectivity index (χ1n) is 7.24. The second-order valence-corrected chi connectivity index (χ2v) is 4.22. The van der Waals surface area contributed by atoms with Crippen LogP contribution in [-0.2, 0) is 28.5 Å². The fraction of sp³-hybridized carbons (Fsp3) is 0.857. The Bertz CT molecular complexity index is 275. The van der Waals surface area contributed by atoms with Gasteiger partial charge in [-0.05, 0) is 13.8 Å². The van der Waals surface area contributed by atoms with E-state index in [2.05, 4.69) is 9.64 Å². The summed E-state index contributed by atoms with van der Waals surface area (Å²) in [5, 5.41) is 0. The predicted molar refractivity (Wildman–Crippen MR) is 77.0 cm³/mol. The molecule has 0 rings (SSSR count). The van der Waals surface area contributed by atoms with Gasteiger partial charge in [0.1, 0.15) is 0 Å². The number of methoxy groups -OCH3 is 1. The van der Waals surface area contributed by atoms with E-state index in [-0.39, 0.29) is 13.0 Å². The first-order chi connectivity index (χ1) is 10.1. The van der Waals surface area contributed by atoms with E-state index in [0.717, 1.165) is 13.1 Å². The topological polar surface area (TPSA) is 74.3 Å². The highest BCUT2D eigenvalue weighted by Gasteiger charge is 2.11. The molecule has 0 aromatic rings. The maximum Gasteiger partial charge on any atom is 0.344 e. The molecule has 21 heavy (non-hydrogen) atoms. The molecule has 0 aliphatic rings. The third-order valence-electron chi connectivity index (χ3n) is 2.72. The van der Waals surface area contributed by atoms with Crippen molar-refractivity contribution in [2.45, 2.75) is 20.3 Å². The molecule has 0 atom stereocenters. The monoisotopic (exact) mass is 305 g/mol. The van der Waals surface area contributed by atoms with Gasteiger partial charge in [0.05, 0.1) is 26.7 Å². The minimum absolute atomic E-state index is 0.218. The average molecular weight is 305 g/mol. The fourth-order valence-electron chi connectivity index (χ4n) is 1.53. The van der Waals surface area contributed by atoms with Gasteiger partial charge in [0.2, 0.25) is 0 Å². The summed E-state index contributed by atoms with van der Waals surface area (Å²) in [5.41, 5.74) is 0. The molecule has 0 spiro atoms. The summed E-state index contributed by atoms with van der Waals surface area (Å²) in [7, 11) is 1.25. The van der Waals surface area contributed by atoms with Crippen molar-refractivity contribution in [1.82, 2.24) is 4.90 Å². The minimum atomic E-state index is -0.562. The van der Waals surface area contributed by atoms with Gasteiger partial charge in [-0.15, -0.1) is 0 Å². The molecule has 0 N–H and O–H groups in total. The first kappa shape index (κ1) is 19.8. The summed E-state index contributed by atoms with van der Waals surface area (Å²) < 4.78 is 19.8. The highest BCUT2D eigenvalue weighted by molar-refractivity contribution is 5.76. The number of nitrogens with zero attached hydrogens (tertiary/aromatic N) is 1. The lowest BCUT2D eigenvalue weighted by atomic mass is 10.3. The van der Waals surface area contributed by atoms with Gasteiger partial charge in [-0.2, -0.15) is 0 Å². The summed E-state index contributed by atoms with van der Waals surface area (Å²) in [4.78, 5) is 24.4. The zero-order valence-corrected chi connectivity index (χ0v) is 13.3. The van der Waals surface area contributed by atoms with Gasteiger partial charge in [-0.3, -0.25) is 9.69 Å². The SMILES string of the molecule is CCOCCN(CCOCC)CCC(=O)OCC(=O)OC. The zero-order chi connectivity index (χ0) is 15.9. The largest absolute Gasteiger partial charge is 0.466 e. The van der Waals surface area contributed by atoms with Crippen molar-refractivity contribution in [3.63, 3.8) is 0 Å². The molecule has 0 aliphatic heterocycles. The van der Waals surface area contributed by atoms with Crippen LogP contribution in [0, 0.1) is 0 Å². The molecule has 0 unspecified atom stereocenters. The maximum absolute atomic E-state index is 11.5. The van der Waals surface area contributed by atoms with Crippen molar-refractivity contribution < 1.29 is 28.5 Å². The van der Waals surface area contributed by atoms with Crippen molar-refractivity contribution in [2.24, 2.45) is 0 Å². The van der Waals surface area contributed by atoms with E-state index in [0.29, 0.717) is 33.0 Å². The summed E-state index contributed by atoms with van der Waals surface area (Å²) in [5.74, 6) is -0.980. The third kappa shape index (κ3) is 12.3. The summed E-state index contributed by atoms with van der Waals surface area (Å²) >= 11 is 0. The van der Waals surface area contributed by atoms with Crippen molar-refractivity contribution in [3.8, 4) is 0 Å². The van der Waals surface area contributed by atoms with E-state index in [9.17, 15) is 9.59 Å². The standard InChI is InChI=1S/C14H27NO6/c1-4-19-10-8-15(9-11-20-5-2)7-6-13(16)21-12-14(17)18-3/h4-12H2,1-3H3. The molecule has 0 amide bonds. The van der Waals surface area contributed by atoms with Crippen molar-refractivity contribution in [2.75, 3.05) is 59.8 Å². The van der Waals surface area contributed by atoms with Crippen molar-refractivity contribution in [3.05, 3.63) is 0 Å². The number of ether oxygens (including phenoxy) is 4. The van der Waals surface area contributed by atoms with E-state index in [1.807, 2.05) is 13.8 Å². The molecule has 124 valence electrons. The summed E-state index contributed by atoms with van der Waals surface area (Å²) in [6.07, 6.45) is 0.218. The summed E-state index contributed by atoms with van der Waals surface area (Å²) in [6.45, 7) is 8.09. The van der Waals surface area contributed by atoms with Crippen molar-refractivity contribution in [1.29, 1.82) is 0 Å². The molecule has 0 aliphatic carbocycles. The molecule has 7 nitrogen and oxygen atoms in total. The van der Waals surface area contributed by atoms with Crippen LogP contribution in [0.25, 0.3) is 0 Å². The number of rotatable bonds is 13. The Hall–Kier alpha value is -1.18. The molecule has 7 heteroatoms. The lowest BCUT2D eigenvalue weighted by molar-refractivity contribution is -0.157. The van der Waals surface area contributed by atoms with Gasteiger partial charge in [-0.1, -0.05) is 0 Å². The first-order valence-corrected chi connectivity index (χ1v) is 7.24. The summed E-state index contributed by atoms with van der Waals surface area (Å²) in [6, 6.07) is 0. The van der Waals surface area contributed by atoms with Crippen LogP contribution in [0.3, 0.4) is 0 Å². The number of hydrogen-bond donors (Lipinski definition) is 0. The average Bonchev–Trinajstić information content (AvgIpc) is 2.49. The van der Waals surface area contributed by atoms with Gasteiger partial charge in [0.15, 0.2) is 6.61 Å². The van der Waals surface area contributed by atoms with Gasteiger partial charge in [-0.25, -0.2) is 4.79 Å². The smallest absolute Gasteiger partial charge is 0.344 e. The fourth-order valence-corrected chi connectivity index (χ4v) is 1.53. The van der Waals surface area contributed by atoms with E-state index in [1.165, 1.54) is 7.11 Å². The van der Waals surface area contributed by atoms with Crippen molar-refractivity contribution >= 4 is 11.9 Å². The lowest BCUT2D eigenvalue weighted by Crippen LogP contribution is -2.33. The lowest BCUT2D eigenvalue weighted by Gasteiger charge is -2.21. The minimum Gasteiger partial charge on any atom is -0.466 e. The Balaban J connectivity index is 3.95. The van der Waals surface area contributed by atoms with Crippen LogP contribution >= 0.6 is 0 Å². The molecule has 0 saturated heterocycles. The number of carbonyl (C=O) groups excluding carboxylic acids is 2. The van der Waals surface area contributed by atoms with Crippen LogP contribution in [0.5, 0.6) is 0 Å². The highest BCUT2D eigenvalue weighted by Crippen LogP contribution is 1.96. The molecule has 0 heterocycles. The molecule has 0 aromatic heterocycles.